The lowest BCUT2D eigenvalue weighted by atomic mass is 10.0. The fourth-order valence-electron chi connectivity index (χ4n) is 1.95. The number of methoxy groups -OCH3 is 1. The monoisotopic (exact) mass is 275 g/mol. The molecule has 0 fully saturated rings. The number of nitrogens with two attached hydrogens (primary N) is 1. The van der Waals surface area contributed by atoms with Crippen molar-refractivity contribution in [1.82, 2.24) is 0 Å². The van der Waals surface area contributed by atoms with Gasteiger partial charge in [0.1, 0.15) is 23.9 Å². The number of benzene rings is 2. The van der Waals surface area contributed by atoms with Crippen LogP contribution in [0.5, 0.6) is 11.5 Å². The predicted octanol–water partition coefficient (Wildman–Crippen LogP) is 3.22. The molecule has 0 saturated carbocycles. The van der Waals surface area contributed by atoms with Gasteiger partial charge in [0.15, 0.2) is 0 Å². The lowest BCUT2D eigenvalue weighted by Crippen LogP contribution is -2.20. The predicted molar refractivity (Wildman–Crippen MR) is 76.6 cm³/mol. The van der Waals surface area contributed by atoms with E-state index in [0.29, 0.717) is 12.4 Å². The molecule has 0 radical (unpaired) electrons. The molecule has 0 aliphatic carbocycles. The second kappa shape index (κ2) is 6.39. The van der Waals surface area contributed by atoms with Crippen molar-refractivity contribution in [3.8, 4) is 11.5 Å². The van der Waals surface area contributed by atoms with Gasteiger partial charge in [-0.25, -0.2) is 4.39 Å². The summed E-state index contributed by atoms with van der Waals surface area (Å²) in [5.41, 5.74) is 8.15. The van der Waals surface area contributed by atoms with Crippen molar-refractivity contribution >= 4 is 0 Å². The maximum Gasteiger partial charge on any atom is 0.123 e. The van der Waals surface area contributed by atoms with Gasteiger partial charge in [-0.1, -0.05) is 17.7 Å². The first-order chi connectivity index (χ1) is 9.60. The van der Waals surface area contributed by atoms with Crippen molar-refractivity contribution in [3.05, 3.63) is 59.4 Å². The van der Waals surface area contributed by atoms with Crippen LogP contribution >= 0.6 is 0 Å². The molecule has 20 heavy (non-hydrogen) atoms. The lowest BCUT2D eigenvalue weighted by Gasteiger charge is -2.17. The Labute approximate surface area is 118 Å². The zero-order valence-corrected chi connectivity index (χ0v) is 11.6. The molecule has 0 saturated heterocycles. The highest BCUT2D eigenvalue weighted by Gasteiger charge is 2.13. The van der Waals surface area contributed by atoms with Crippen LogP contribution in [0.25, 0.3) is 0 Å². The first-order valence-electron chi connectivity index (χ1n) is 6.38. The van der Waals surface area contributed by atoms with Crippen LogP contribution in [0.2, 0.25) is 0 Å². The molecule has 2 rings (SSSR count). The van der Waals surface area contributed by atoms with Gasteiger partial charge in [-0.05, 0) is 37.3 Å². The molecule has 3 nitrogen and oxygen atoms in total. The maximum atomic E-state index is 12.8. The van der Waals surface area contributed by atoms with Crippen molar-refractivity contribution in [3.63, 3.8) is 0 Å². The van der Waals surface area contributed by atoms with Crippen LogP contribution in [0.1, 0.15) is 17.2 Å². The smallest absolute Gasteiger partial charge is 0.123 e. The van der Waals surface area contributed by atoms with E-state index in [9.17, 15) is 4.39 Å². The average molecular weight is 275 g/mol. The summed E-state index contributed by atoms with van der Waals surface area (Å²) in [6.07, 6.45) is 0. The first-order valence-corrected chi connectivity index (χ1v) is 6.38. The number of ether oxygens (including phenoxy) is 2. The molecule has 1 unspecified atom stereocenters. The molecule has 0 amide bonds. The normalized spacial score (nSPS) is 12.0. The molecule has 0 bridgehead atoms. The van der Waals surface area contributed by atoms with Crippen LogP contribution in [-0.2, 0) is 0 Å². The fourth-order valence-corrected chi connectivity index (χ4v) is 1.95. The molecule has 1 atom stereocenters. The van der Waals surface area contributed by atoms with Gasteiger partial charge in [0.05, 0.1) is 13.2 Å². The summed E-state index contributed by atoms with van der Waals surface area (Å²) in [7, 11) is 1.61. The van der Waals surface area contributed by atoms with E-state index in [0.717, 1.165) is 16.9 Å². The lowest BCUT2D eigenvalue weighted by molar-refractivity contribution is 0.286. The van der Waals surface area contributed by atoms with Crippen molar-refractivity contribution in [1.29, 1.82) is 0 Å². The van der Waals surface area contributed by atoms with Gasteiger partial charge in [-0.2, -0.15) is 0 Å². The standard InChI is InChI=1S/C16H18FNO2/c1-11-3-8-16(19-2)14(9-11)15(18)10-20-13-6-4-12(17)5-7-13/h3-9,15H,10,18H2,1-2H3. The second-order valence-corrected chi connectivity index (χ2v) is 4.62. The van der Waals surface area contributed by atoms with Crippen LogP contribution in [0.15, 0.2) is 42.5 Å². The fraction of sp³-hybridized carbons (Fsp3) is 0.250. The topological polar surface area (TPSA) is 44.5 Å². The molecule has 2 N–H and O–H groups in total. The van der Waals surface area contributed by atoms with Crippen molar-refractivity contribution in [2.45, 2.75) is 13.0 Å². The van der Waals surface area contributed by atoms with E-state index in [-0.39, 0.29) is 11.9 Å². The highest BCUT2D eigenvalue weighted by Crippen LogP contribution is 2.25. The van der Waals surface area contributed by atoms with E-state index in [1.54, 1.807) is 19.2 Å². The quantitative estimate of drug-likeness (QED) is 0.911. The Morgan fingerprint density at radius 1 is 1.15 bits per heavy atom. The van der Waals surface area contributed by atoms with Crippen LogP contribution in [0.4, 0.5) is 4.39 Å². The molecular formula is C16H18FNO2. The molecule has 2 aromatic rings. The van der Waals surface area contributed by atoms with E-state index in [1.165, 1.54) is 12.1 Å². The number of hydrogen-bond acceptors (Lipinski definition) is 3. The van der Waals surface area contributed by atoms with E-state index in [1.807, 2.05) is 25.1 Å². The molecule has 0 heterocycles. The van der Waals surface area contributed by atoms with Gasteiger partial charge in [0.25, 0.3) is 0 Å². The Bertz CT molecular complexity index is 569. The summed E-state index contributed by atoms with van der Waals surface area (Å²) < 4.78 is 23.7. The van der Waals surface area contributed by atoms with Crippen molar-refractivity contribution < 1.29 is 13.9 Å². The molecule has 0 aliphatic heterocycles. The number of aryl methyl sites for hydroxylation is 1. The van der Waals surface area contributed by atoms with Gasteiger partial charge in [-0.3, -0.25) is 0 Å². The van der Waals surface area contributed by atoms with Gasteiger partial charge >= 0.3 is 0 Å². The van der Waals surface area contributed by atoms with Gasteiger partial charge < -0.3 is 15.2 Å². The Hall–Kier alpha value is -2.07. The third-order valence-electron chi connectivity index (χ3n) is 3.03. The summed E-state index contributed by atoms with van der Waals surface area (Å²) in [6, 6.07) is 11.4. The Morgan fingerprint density at radius 2 is 1.85 bits per heavy atom. The second-order valence-electron chi connectivity index (χ2n) is 4.62. The molecule has 2 aromatic carbocycles. The number of rotatable bonds is 5. The first kappa shape index (κ1) is 14.3. The zero-order chi connectivity index (χ0) is 14.5. The molecule has 0 aromatic heterocycles. The van der Waals surface area contributed by atoms with E-state index >= 15 is 0 Å². The SMILES string of the molecule is COc1ccc(C)cc1C(N)COc1ccc(F)cc1. The Morgan fingerprint density at radius 3 is 2.50 bits per heavy atom. The van der Waals surface area contributed by atoms with Gasteiger partial charge in [-0.15, -0.1) is 0 Å². The van der Waals surface area contributed by atoms with Crippen LogP contribution in [0.3, 0.4) is 0 Å². The van der Waals surface area contributed by atoms with E-state index in [2.05, 4.69) is 0 Å². The largest absolute Gasteiger partial charge is 0.496 e. The molecule has 0 aliphatic rings. The summed E-state index contributed by atoms with van der Waals surface area (Å²) in [6.45, 7) is 2.29. The summed E-state index contributed by atoms with van der Waals surface area (Å²) in [5, 5.41) is 0. The zero-order valence-electron chi connectivity index (χ0n) is 11.6. The molecule has 106 valence electrons. The molecule has 0 spiro atoms. The minimum atomic E-state index is -0.310. The number of halogens is 1. The summed E-state index contributed by atoms with van der Waals surface area (Å²) in [4.78, 5) is 0. The van der Waals surface area contributed by atoms with Crippen LogP contribution in [-0.4, -0.2) is 13.7 Å². The Kier molecular flexibility index (Phi) is 4.58. The minimum Gasteiger partial charge on any atom is -0.496 e. The number of hydrogen-bond donors (Lipinski definition) is 1. The van der Waals surface area contributed by atoms with Crippen LogP contribution in [0, 0.1) is 12.7 Å². The van der Waals surface area contributed by atoms with Gasteiger partial charge in [0, 0.05) is 5.56 Å². The van der Waals surface area contributed by atoms with E-state index < -0.39 is 0 Å². The highest BCUT2D eigenvalue weighted by atomic mass is 19.1. The third kappa shape index (κ3) is 3.48. The summed E-state index contributed by atoms with van der Waals surface area (Å²) >= 11 is 0. The molecule has 4 heteroatoms. The van der Waals surface area contributed by atoms with Crippen molar-refractivity contribution in [2.24, 2.45) is 5.73 Å². The minimum absolute atomic E-state index is 0.290. The molecular weight excluding hydrogens is 257 g/mol. The van der Waals surface area contributed by atoms with Crippen LogP contribution < -0.4 is 15.2 Å². The average Bonchev–Trinajstić information content (AvgIpc) is 2.46. The Balaban J connectivity index is 2.06. The van der Waals surface area contributed by atoms with Gasteiger partial charge in [0.2, 0.25) is 0 Å². The maximum absolute atomic E-state index is 12.8. The summed E-state index contributed by atoms with van der Waals surface area (Å²) in [5.74, 6) is 1.04. The highest BCUT2D eigenvalue weighted by molar-refractivity contribution is 5.39. The third-order valence-corrected chi connectivity index (χ3v) is 3.03. The van der Waals surface area contributed by atoms with E-state index in [4.69, 9.17) is 15.2 Å². The van der Waals surface area contributed by atoms with Crippen molar-refractivity contribution in [2.75, 3.05) is 13.7 Å².